The van der Waals surface area contributed by atoms with Gasteiger partial charge in [-0.25, -0.2) is 0 Å². The summed E-state index contributed by atoms with van der Waals surface area (Å²) in [4.78, 5) is 18.8. The van der Waals surface area contributed by atoms with Crippen molar-refractivity contribution in [2.75, 3.05) is 20.2 Å². The second-order valence-electron chi connectivity index (χ2n) is 10.4. The van der Waals surface area contributed by atoms with E-state index in [4.69, 9.17) is 14.5 Å². The quantitative estimate of drug-likeness (QED) is 0.603. The molecule has 1 aliphatic carbocycles. The van der Waals surface area contributed by atoms with Crippen LogP contribution in [0.3, 0.4) is 0 Å². The number of ether oxygens (including phenoxy) is 2. The Balaban J connectivity index is 1.37. The van der Waals surface area contributed by atoms with Gasteiger partial charge in [0, 0.05) is 24.5 Å². The Labute approximate surface area is 186 Å². The topological polar surface area (TPSA) is 51.7 Å². The predicted octanol–water partition coefficient (Wildman–Crippen LogP) is 5.38. The Morgan fingerprint density at radius 2 is 1.81 bits per heavy atom. The molecule has 0 spiro atoms. The first-order valence-corrected chi connectivity index (χ1v) is 11.6. The minimum Gasteiger partial charge on any atom is -0.490 e. The number of esters is 1. The third-order valence-electron chi connectivity index (χ3n) is 7.30. The number of hydrogen-bond donors (Lipinski definition) is 0. The van der Waals surface area contributed by atoms with Crippen LogP contribution in [0.25, 0.3) is 10.9 Å². The lowest BCUT2D eigenvalue weighted by atomic mass is 9.72. The second-order valence-corrected chi connectivity index (χ2v) is 10.4. The third kappa shape index (κ3) is 4.87. The van der Waals surface area contributed by atoms with Crippen LogP contribution >= 0.6 is 0 Å². The van der Waals surface area contributed by atoms with Crippen LogP contribution in [0.2, 0.25) is 0 Å². The Bertz CT molecular complexity index is 922. The zero-order valence-corrected chi connectivity index (χ0v) is 19.6. The highest BCUT2D eigenvalue weighted by molar-refractivity contribution is 5.80. The predicted molar refractivity (Wildman–Crippen MR) is 123 cm³/mol. The molecule has 1 aromatic carbocycles. The smallest absolute Gasteiger partial charge is 0.311 e. The molecule has 1 atom stereocenters. The lowest BCUT2D eigenvalue weighted by Crippen LogP contribution is -2.51. The summed E-state index contributed by atoms with van der Waals surface area (Å²) in [5.41, 5.74) is 2.41. The van der Waals surface area contributed by atoms with E-state index in [1.807, 2.05) is 0 Å². The molecule has 0 bridgehead atoms. The number of fused-ring (bicyclic) bond motifs is 1. The molecular weight excluding hydrogens is 388 g/mol. The van der Waals surface area contributed by atoms with Crippen LogP contribution in [-0.4, -0.2) is 42.2 Å². The van der Waals surface area contributed by atoms with Gasteiger partial charge in [0.15, 0.2) is 0 Å². The summed E-state index contributed by atoms with van der Waals surface area (Å²) in [7, 11) is 1.45. The number of hydrogen-bond acceptors (Lipinski definition) is 5. The van der Waals surface area contributed by atoms with Crippen LogP contribution in [0.5, 0.6) is 5.75 Å². The van der Waals surface area contributed by atoms with Crippen LogP contribution in [0.1, 0.15) is 65.1 Å². The fourth-order valence-corrected chi connectivity index (χ4v) is 5.00. The summed E-state index contributed by atoms with van der Waals surface area (Å²) in [5.74, 6) is 1.61. The van der Waals surface area contributed by atoms with Gasteiger partial charge in [0.2, 0.25) is 0 Å². The number of nitrogens with zero attached hydrogens (tertiary/aromatic N) is 2. The van der Waals surface area contributed by atoms with E-state index in [9.17, 15) is 4.79 Å². The summed E-state index contributed by atoms with van der Waals surface area (Å²) in [6, 6.07) is 10.6. The van der Waals surface area contributed by atoms with Gasteiger partial charge >= 0.3 is 5.97 Å². The number of methoxy groups -OCH3 is 1. The molecule has 0 N–H and O–H groups in total. The monoisotopic (exact) mass is 424 g/mol. The largest absolute Gasteiger partial charge is 0.490 e. The Morgan fingerprint density at radius 3 is 2.45 bits per heavy atom. The SMILES string of the molecule is COC(=O)C1CN(C(C)c2ccc3cc(OC4CCC(C(C)(C)C)CC4)ccc3n2)C1. The zero-order valence-electron chi connectivity index (χ0n) is 19.6. The molecule has 2 fully saturated rings. The lowest BCUT2D eigenvalue weighted by molar-refractivity contribution is -0.152. The number of carbonyl (C=O) groups excluding carboxylic acids is 1. The molecule has 4 rings (SSSR count). The summed E-state index contributed by atoms with van der Waals surface area (Å²) in [6.45, 7) is 10.7. The standard InChI is InChI=1S/C26H36N2O3/c1-17(28-15-19(16-28)25(29)30-5)23-12-6-18-14-22(11-13-24(18)27-23)31-21-9-7-20(8-10-21)26(2,3)4/h6,11-14,17,19-21H,7-10,15-16H2,1-5H3. The van der Waals surface area contributed by atoms with Gasteiger partial charge in [-0.3, -0.25) is 14.7 Å². The van der Waals surface area contributed by atoms with Crippen molar-refractivity contribution in [2.45, 2.75) is 65.5 Å². The van der Waals surface area contributed by atoms with Crippen molar-refractivity contribution in [3.05, 3.63) is 36.0 Å². The van der Waals surface area contributed by atoms with Gasteiger partial charge in [-0.05, 0) is 68.2 Å². The van der Waals surface area contributed by atoms with Gasteiger partial charge in [0.05, 0.1) is 30.3 Å². The van der Waals surface area contributed by atoms with Crippen molar-refractivity contribution in [3.8, 4) is 5.75 Å². The van der Waals surface area contributed by atoms with Gasteiger partial charge in [0.1, 0.15) is 5.75 Å². The Hall–Kier alpha value is -2.14. The molecule has 1 aliphatic heterocycles. The highest BCUT2D eigenvalue weighted by Gasteiger charge is 2.36. The van der Waals surface area contributed by atoms with E-state index < -0.39 is 0 Å². The minimum absolute atomic E-state index is 0.00826. The Kier molecular flexibility index (Phi) is 6.25. The average molecular weight is 425 g/mol. The molecule has 0 amide bonds. The summed E-state index contributed by atoms with van der Waals surface area (Å²) < 4.78 is 11.2. The average Bonchev–Trinajstić information content (AvgIpc) is 2.71. The molecule has 5 heteroatoms. The van der Waals surface area contributed by atoms with E-state index in [0.717, 1.165) is 54.2 Å². The molecule has 2 aliphatic rings. The Morgan fingerprint density at radius 1 is 1.10 bits per heavy atom. The van der Waals surface area contributed by atoms with E-state index in [0.29, 0.717) is 11.5 Å². The van der Waals surface area contributed by atoms with Crippen molar-refractivity contribution < 1.29 is 14.3 Å². The molecule has 2 heterocycles. The van der Waals surface area contributed by atoms with E-state index >= 15 is 0 Å². The van der Waals surface area contributed by atoms with Crippen LogP contribution in [-0.2, 0) is 9.53 Å². The number of carbonyl (C=O) groups is 1. The number of pyridine rings is 1. The van der Waals surface area contributed by atoms with Crippen molar-refractivity contribution >= 4 is 16.9 Å². The molecule has 1 saturated heterocycles. The van der Waals surface area contributed by atoms with E-state index in [-0.39, 0.29) is 17.9 Å². The molecule has 1 aromatic heterocycles. The second kappa shape index (κ2) is 8.78. The maximum Gasteiger partial charge on any atom is 0.311 e. The van der Waals surface area contributed by atoms with Crippen molar-refractivity contribution in [3.63, 3.8) is 0 Å². The first-order valence-electron chi connectivity index (χ1n) is 11.6. The molecule has 1 saturated carbocycles. The van der Waals surface area contributed by atoms with Gasteiger partial charge in [-0.1, -0.05) is 26.8 Å². The van der Waals surface area contributed by atoms with Crippen molar-refractivity contribution in [1.29, 1.82) is 0 Å². The molecule has 168 valence electrons. The van der Waals surface area contributed by atoms with E-state index in [2.05, 4.69) is 62.9 Å². The fourth-order valence-electron chi connectivity index (χ4n) is 5.00. The van der Waals surface area contributed by atoms with Crippen molar-refractivity contribution in [1.82, 2.24) is 9.88 Å². The summed E-state index contributed by atoms with van der Waals surface area (Å²) in [6.07, 6.45) is 5.08. The maximum absolute atomic E-state index is 11.6. The van der Waals surface area contributed by atoms with Gasteiger partial charge in [0.25, 0.3) is 0 Å². The number of aromatic nitrogens is 1. The van der Waals surface area contributed by atoms with Gasteiger partial charge < -0.3 is 9.47 Å². The number of rotatable bonds is 5. The number of likely N-dealkylation sites (tertiary alicyclic amines) is 1. The first kappa shape index (κ1) is 22.1. The first-order chi connectivity index (χ1) is 14.7. The summed E-state index contributed by atoms with van der Waals surface area (Å²) in [5, 5.41) is 1.10. The minimum atomic E-state index is -0.116. The van der Waals surface area contributed by atoms with Gasteiger partial charge in [-0.2, -0.15) is 0 Å². The van der Waals surface area contributed by atoms with Gasteiger partial charge in [-0.15, -0.1) is 0 Å². The zero-order chi connectivity index (χ0) is 22.2. The highest BCUT2D eigenvalue weighted by Crippen LogP contribution is 2.39. The molecule has 5 nitrogen and oxygen atoms in total. The highest BCUT2D eigenvalue weighted by atomic mass is 16.5. The van der Waals surface area contributed by atoms with Crippen LogP contribution < -0.4 is 4.74 Å². The third-order valence-corrected chi connectivity index (χ3v) is 7.30. The number of benzene rings is 1. The molecule has 0 radical (unpaired) electrons. The van der Waals surface area contributed by atoms with E-state index in [1.165, 1.54) is 20.0 Å². The van der Waals surface area contributed by atoms with Crippen LogP contribution in [0.15, 0.2) is 30.3 Å². The summed E-state index contributed by atoms with van der Waals surface area (Å²) >= 11 is 0. The van der Waals surface area contributed by atoms with Crippen molar-refractivity contribution in [2.24, 2.45) is 17.3 Å². The van der Waals surface area contributed by atoms with Crippen LogP contribution in [0, 0.1) is 17.3 Å². The maximum atomic E-state index is 11.6. The molecule has 2 aromatic rings. The molecule has 31 heavy (non-hydrogen) atoms. The fraction of sp³-hybridized carbons (Fsp3) is 0.615. The molecular formula is C26H36N2O3. The normalized spacial score (nSPS) is 23.9. The van der Waals surface area contributed by atoms with E-state index in [1.54, 1.807) is 0 Å². The molecule has 1 unspecified atom stereocenters. The lowest BCUT2D eigenvalue weighted by Gasteiger charge is -2.41. The van der Waals surface area contributed by atoms with Crippen LogP contribution in [0.4, 0.5) is 0 Å².